The highest BCUT2D eigenvalue weighted by molar-refractivity contribution is 5.99. The molecular formula is C20H26N2O2. The summed E-state index contributed by atoms with van der Waals surface area (Å²) in [7, 11) is 0. The molecule has 0 radical (unpaired) electrons. The number of hydrogen-bond donors (Lipinski definition) is 0. The third-order valence-corrected chi connectivity index (χ3v) is 4.91. The van der Waals surface area contributed by atoms with E-state index >= 15 is 0 Å². The van der Waals surface area contributed by atoms with Gasteiger partial charge in [0.1, 0.15) is 5.75 Å². The van der Waals surface area contributed by atoms with Crippen LogP contribution in [0.2, 0.25) is 0 Å². The molecule has 0 N–H and O–H groups in total. The average molecular weight is 326 g/mol. The number of hydrogen-bond acceptors (Lipinski definition) is 3. The Labute approximate surface area is 143 Å². The van der Waals surface area contributed by atoms with Crippen LogP contribution in [0.25, 0.3) is 0 Å². The lowest BCUT2D eigenvalue weighted by Crippen LogP contribution is -2.22. The summed E-state index contributed by atoms with van der Waals surface area (Å²) in [5.41, 5.74) is 3.38. The van der Waals surface area contributed by atoms with Crippen LogP contribution >= 0.6 is 0 Å². The van der Waals surface area contributed by atoms with E-state index in [1.54, 1.807) is 12.5 Å². The number of carbonyl (C=O) groups excluding carboxylic acids is 1. The molecule has 0 bridgehead atoms. The first-order valence-corrected chi connectivity index (χ1v) is 9.02. The molecule has 1 heterocycles. The van der Waals surface area contributed by atoms with E-state index in [1.165, 1.54) is 17.5 Å². The van der Waals surface area contributed by atoms with E-state index in [9.17, 15) is 4.79 Å². The minimum atomic E-state index is -0.0110. The van der Waals surface area contributed by atoms with Gasteiger partial charge in [0.2, 0.25) is 0 Å². The maximum atomic E-state index is 13.2. The molecule has 1 atom stereocenters. The lowest BCUT2D eigenvalue weighted by molar-refractivity contribution is 0.0902. The minimum absolute atomic E-state index is 0.0110. The smallest absolute Gasteiger partial charge is 0.168 e. The fraction of sp³-hybridized carbons (Fsp3) is 0.500. The Balaban J connectivity index is 1.91. The SMILES string of the molecule is CCOc1ccc(C(=O)C(CC)Cn2ccnc2)c2c1CCCC2. The number of carbonyl (C=O) groups is 1. The Bertz CT molecular complexity index is 692. The molecule has 4 heteroatoms. The van der Waals surface area contributed by atoms with Gasteiger partial charge in [-0.15, -0.1) is 0 Å². The molecule has 0 amide bonds. The molecule has 0 spiro atoms. The van der Waals surface area contributed by atoms with E-state index in [4.69, 9.17) is 4.74 Å². The molecule has 24 heavy (non-hydrogen) atoms. The largest absolute Gasteiger partial charge is 0.494 e. The summed E-state index contributed by atoms with van der Waals surface area (Å²) >= 11 is 0. The summed E-state index contributed by atoms with van der Waals surface area (Å²) in [4.78, 5) is 17.2. The summed E-state index contributed by atoms with van der Waals surface area (Å²) in [6.45, 7) is 5.45. The van der Waals surface area contributed by atoms with Crippen molar-refractivity contribution in [2.75, 3.05) is 6.61 Å². The number of benzene rings is 1. The average Bonchev–Trinajstić information content (AvgIpc) is 3.13. The van der Waals surface area contributed by atoms with Gasteiger partial charge >= 0.3 is 0 Å². The van der Waals surface area contributed by atoms with Crippen molar-refractivity contribution < 1.29 is 9.53 Å². The first-order chi connectivity index (χ1) is 11.7. The predicted octanol–water partition coefficient (Wildman–Crippen LogP) is 4.07. The zero-order valence-electron chi connectivity index (χ0n) is 14.6. The number of ketones is 1. The maximum absolute atomic E-state index is 13.2. The van der Waals surface area contributed by atoms with Gasteiger partial charge in [0.05, 0.1) is 12.9 Å². The van der Waals surface area contributed by atoms with Gasteiger partial charge in [0, 0.05) is 30.4 Å². The van der Waals surface area contributed by atoms with Gasteiger partial charge in [-0.2, -0.15) is 0 Å². The Kier molecular flexibility index (Phi) is 5.34. The number of Topliss-reactive ketones (excluding diaryl/α,β-unsaturated/α-hetero) is 1. The Morgan fingerprint density at radius 1 is 1.25 bits per heavy atom. The fourth-order valence-corrected chi connectivity index (χ4v) is 3.62. The monoisotopic (exact) mass is 326 g/mol. The fourth-order valence-electron chi connectivity index (χ4n) is 3.62. The van der Waals surface area contributed by atoms with Crippen molar-refractivity contribution in [3.8, 4) is 5.75 Å². The topological polar surface area (TPSA) is 44.1 Å². The van der Waals surface area contributed by atoms with Crippen molar-refractivity contribution in [1.29, 1.82) is 0 Å². The number of imidazole rings is 1. The lowest BCUT2D eigenvalue weighted by atomic mass is 9.83. The van der Waals surface area contributed by atoms with E-state index in [2.05, 4.69) is 11.9 Å². The third kappa shape index (κ3) is 3.37. The van der Waals surface area contributed by atoms with Crippen LogP contribution < -0.4 is 4.74 Å². The van der Waals surface area contributed by atoms with Crippen molar-refractivity contribution in [2.24, 2.45) is 5.92 Å². The van der Waals surface area contributed by atoms with Crippen molar-refractivity contribution >= 4 is 5.78 Å². The highest BCUT2D eigenvalue weighted by Crippen LogP contribution is 2.34. The second kappa shape index (κ2) is 7.65. The molecule has 0 saturated carbocycles. The van der Waals surface area contributed by atoms with Crippen LogP contribution in [0.4, 0.5) is 0 Å². The second-order valence-corrected chi connectivity index (χ2v) is 6.44. The Morgan fingerprint density at radius 2 is 2.04 bits per heavy atom. The first-order valence-electron chi connectivity index (χ1n) is 9.02. The lowest BCUT2D eigenvalue weighted by Gasteiger charge is -2.24. The van der Waals surface area contributed by atoms with Gasteiger partial charge in [-0.05, 0) is 62.3 Å². The van der Waals surface area contributed by atoms with Crippen molar-refractivity contribution in [2.45, 2.75) is 52.5 Å². The molecule has 0 fully saturated rings. The summed E-state index contributed by atoms with van der Waals surface area (Å²) < 4.78 is 7.78. The zero-order valence-corrected chi connectivity index (χ0v) is 14.6. The molecule has 1 aromatic heterocycles. The Morgan fingerprint density at radius 3 is 2.71 bits per heavy atom. The van der Waals surface area contributed by atoms with E-state index in [0.29, 0.717) is 13.2 Å². The van der Waals surface area contributed by atoms with Crippen LogP contribution in [-0.2, 0) is 19.4 Å². The summed E-state index contributed by atoms with van der Waals surface area (Å²) in [6, 6.07) is 3.97. The van der Waals surface area contributed by atoms with E-state index in [1.807, 2.05) is 29.8 Å². The number of ether oxygens (including phenoxy) is 1. The van der Waals surface area contributed by atoms with Crippen molar-refractivity contribution in [3.05, 3.63) is 47.5 Å². The van der Waals surface area contributed by atoms with Gasteiger partial charge in [0.15, 0.2) is 5.78 Å². The third-order valence-electron chi connectivity index (χ3n) is 4.91. The van der Waals surface area contributed by atoms with Gasteiger partial charge in [-0.1, -0.05) is 6.92 Å². The van der Waals surface area contributed by atoms with Crippen LogP contribution in [0.3, 0.4) is 0 Å². The zero-order chi connectivity index (χ0) is 16.9. The van der Waals surface area contributed by atoms with Crippen molar-refractivity contribution in [1.82, 2.24) is 9.55 Å². The molecule has 128 valence electrons. The number of rotatable bonds is 7. The van der Waals surface area contributed by atoms with Crippen LogP contribution in [0, 0.1) is 5.92 Å². The molecule has 1 aliphatic carbocycles. The van der Waals surface area contributed by atoms with Crippen LogP contribution in [0.15, 0.2) is 30.9 Å². The van der Waals surface area contributed by atoms with E-state index in [0.717, 1.165) is 37.0 Å². The predicted molar refractivity (Wildman–Crippen MR) is 94.6 cm³/mol. The first kappa shape index (κ1) is 16.7. The van der Waals surface area contributed by atoms with Gasteiger partial charge in [-0.25, -0.2) is 4.98 Å². The highest BCUT2D eigenvalue weighted by Gasteiger charge is 2.25. The standard InChI is InChI=1S/C20H26N2O2/c1-3-15(13-22-12-11-21-14-22)20(23)18-9-10-19(24-4-2)17-8-6-5-7-16(17)18/h9-12,14-15H,3-8,13H2,1-2H3. The number of aromatic nitrogens is 2. The molecule has 3 rings (SSSR count). The van der Waals surface area contributed by atoms with E-state index < -0.39 is 0 Å². The van der Waals surface area contributed by atoms with Gasteiger partial charge in [0.25, 0.3) is 0 Å². The molecule has 4 nitrogen and oxygen atoms in total. The number of fused-ring (bicyclic) bond motifs is 1. The molecule has 0 aliphatic heterocycles. The quantitative estimate of drug-likeness (QED) is 0.720. The van der Waals surface area contributed by atoms with Gasteiger partial charge in [-0.3, -0.25) is 4.79 Å². The molecular weight excluding hydrogens is 300 g/mol. The maximum Gasteiger partial charge on any atom is 0.168 e. The van der Waals surface area contributed by atoms with Crippen molar-refractivity contribution in [3.63, 3.8) is 0 Å². The van der Waals surface area contributed by atoms with Gasteiger partial charge < -0.3 is 9.30 Å². The minimum Gasteiger partial charge on any atom is -0.494 e. The van der Waals surface area contributed by atoms with E-state index in [-0.39, 0.29) is 11.7 Å². The summed E-state index contributed by atoms with van der Waals surface area (Å²) in [5, 5.41) is 0. The Hall–Kier alpha value is -2.10. The summed E-state index contributed by atoms with van der Waals surface area (Å²) in [5.74, 6) is 1.21. The molecule has 1 aliphatic rings. The molecule has 2 aromatic rings. The highest BCUT2D eigenvalue weighted by atomic mass is 16.5. The van der Waals surface area contributed by atoms with Crippen LogP contribution in [-0.4, -0.2) is 21.9 Å². The number of nitrogens with zero attached hydrogens (tertiary/aromatic N) is 2. The molecule has 1 unspecified atom stereocenters. The molecule has 1 aromatic carbocycles. The molecule has 0 saturated heterocycles. The summed E-state index contributed by atoms with van der Waals surface area (Å²) in [6.07, 6.45) is 10.6. The normalized spacial score (nSPS) is 14.9. The van der Waals surface area contributed by atoms with Crippen LogP contribution in [0.5, 0.6) is 5.75 Å². The van der Waals surface area contributed by atoms with Crippen LogP contribution in [0.1, 0.15) is 54.6 Å². The second-order valence-electron chi connectivity index (χ2n) is 6.44.